The van der Waals surface area contributed by atoms with Crippen LogP contribution >= 0.6 is 0 Å². The van der Waals surface area contributed by atoms with Crippen molar-refractivity contribution in [3.63, 3.8) is 0 Å². The summed E-state index contributed by atoms with van der Waals surface area (Å²) < 4.78 is 0. The van der Waals surface area contributed by atoms with Crippen molar-refractivity contribution in [3.8, 4) is 6.07 Å². The largest absolute Gasteiger partial charge is 0.268 e. The molecular formula is C9H6N2. The average molecular weight is 142 g/mol. The number of allylic oxidation sites excluding steroid dienone is 6. The average Bonchev–Trinajstić information content (AvgIpc) is 2.39. The molecule has 1 aliphatic carbocycles. The van der Waals surface area contributed by atoms with E-state index in [0.29, 0.717) is 0 Å². The molecule has 0 aromatic heterocycles. The Morgan fingerprint density at radius 1 is 1.64 bits per heavy atom. The van der Waals surface area contributed by atoms with Crippen molar-refractivity contribution in [2.75, 3.05) is 0 Å². The Morgan fingerprint density at radius 3 is 2.73 bits per heavy atom. The van der Waals surface area contributed by atoms with Crippen LogP contribution in [0.5, 0.6) is 0 Å². The smallest absolute Gasteiger partial charge is 0.226 e. The first kappa shape index (κ1) is 7.31. The van der Waals surface area contributed by atoms with Gasteiger partial charge < -0.3 is 0 Å². The predicted octanol–water partition coefficient (Wildman–Crippen LogP) is 2.20. The third-order valence-electron chi connectivity index (χ3n) is 1.40. The lowest BCUT2D eigenvalue weighted by molar-refractivity contribution is 1.47. The summed E-state index contributed by atoms with van der Waals surface area (Å²) >= 11 is 0. The zero-order valence-electron chi connectivity index (χ0n) is 6.13. The zero-order valence-corrected chi connectivity index (χ0v) is 6.13. The molecule has 1 rings (SSSR count). The molecule has 0 aliphatic heterocycles. The van der Waals surface area contributed by atoms with Crippen LogP contribution in [0.4, 0.5) is 0 Å². The second-order valence-electron chi connectivity index (χ2n) is 2.25. The lowest BCUT2D eigenvalue weighted by atomic mass is 10.2. The van der Waals surface area contributed by atoms with Crippen LogP contribution in [0.15, 0.2) is 35.1 Å². The molecule has 1 aliphatic rings. The van der Waals surface area contributed by atoms with Gasteiger partial charge in [-0.3, -0.25) is 0 Å². The molecule has 0 saturated heterocycles. The van der Waals surface area contributed by atoms with Gasteiger partial charge in [0.15, 0.2) is 0 Å². The third-order valence-corrected chi connectivity index (χ3v) is 1.40. The zero-order chi connectivity index (χ0) is 8.27. The van der Waals surface area contributed by atoms with Crippen molar-refractivity contribution in [2.24, 2.45) is 0 Å². The van der Waals surface area contributed by atoms with E-state index in [0.717, 1.165) is 11.1 Å². The second-order valence-corrected chi connectivity index (χ2v) is 2.25. The van der Waals surface area contributed by atoms with E-state index in [1.165, 1.54) is 0 Å². The third kappa shape index (κ3) is 1.36. The highest BCUT2D eigenvalue weighted by molar-refractivity contribution is 5.52. The molecule has 0 heterocycles. The minimum Gasteiger partial charge on any atom is -0.226 e. The molecule has 0 radical (unpaired) electrons. The minimum atomic E-state index is 0.165. The molecule has 0 atom stereocenters. The maximum atomic E-state index is 8.49. The number of hydrogen-bond acceptors (Lipinski definition) is 1. The predicted molar refractivity (Wildman–Crippen MR) is 42.1 cm³/mol. The minimum absolute atomic E-state index is 0.165. The van der Waals surface area contributed by atoms with Crippen molar-refractivity contribution in [2.45, 2.75) is 6.92 Å². The number of rotatable bonds is 0. The fraction of sp³-hybridized carbons (Fsp3) is 0.111. The lowest BCUT2D eigenvalue weighted by Crippen LogP contribution is -1.74. The summed E-state index contributed by atoms with van der Waals surface area (Å²) in [7, 11) is 0. The van der Waals surface area contributed by atoms with E-state index in [-0.39, 0.29) is 5.70 Å². The number of hydrogen-bond donors (Lipinski definition) is 0. The van der Waals surface area contributed by atoms with Crippen LogP contribution in [0.3, 0.4) is 0 Å². The highest BCUT2D eigenvalue weighted by atomic mass is 14.7. The van der Waals surface area contributed by atoms with E-state index >= 15 is 0 Å². The van der Waals surface area contributed by atoms with Crippen LogP contribution in [0.2, 0.25) is 0 Å². The highest BCUT2D eigenvalue weighted by Crippen LogP contribution is 2.18. The van der Waals surface area contributed by atoms with Crippen molar-refractivity contribution in [3.05, 3.63) is 46.5 Å². The molecule has 0 amide bonds. The SMILES string of the molecule is [C-]#[N+]/C(C#N)=C1/C=CC(C)=C1. The highest BCUT2D eigenvalue weighted by Gasteiger charge is 2.04. The van der Waals surface area contributed by atoms with Gasteiger partial charge in [-0.2, -0.15) is 0 Å². The Labute approximate surface area is 65.6 Å². The maximum absolute atomic E-state index is 8.49. The Hall–Kier alpha value is -1.80. The summed E-state index contributed by atoms with van der Waals surface area (Å²) in [6, 6.07) is 1.84. The Bertz CT molecular complexity index is 327. The van der Waals surface area contributed by atoms with E-state index in [9.17, 15) is 0 Å². The summed E-state index contributed by atoms with van der Waals surface area (Å²) in [5.41, 5.74) is 1.97. The Kier molecular flexibility index (Phi) is 1.90. The van der Waals surface area contributed by atoms with E-state index in [1.54, 1.807) is 6.08 Å². The summed E-state index contributed by atoms with van der Waals surface area (Å²) in [5, 5.41) is 8.49. The van der Waals surface area contributed by atoms with Crippen LogP contribution in [-0.2, 0) is 0 Å². The molecule has 2 nitrogen and oxygen atoms in total. The number of nitriles is 1. The normalized spacial score (nSPS) is 18.6. The monoisotopic (exact) mass is 142 g/mol. The molecule has 2 heteroatoms. The van der Waals surface area contributed by atoms with Crippen molar-refractivity contribution >= 4 is 0 Å². The van der Waals surface area contributed by atoms with Gasteiger partial charge in [0.25, 0.3) is 5.70 Å². The summed E-state index contributed by atoms with van der Waals surface area (Å²) in [4.78, 5) is 3.10. The van der Waals surface area contributed by atoms with Gasteiger partial charge in [0.2, 0.25) is 0 Å². The fourth-order valence-corrected chi connectivity index (χ4v) is 0.864. The van der Waals surface area contributed by atoms with Gasteiger partial charge in [0.05, 0.1) is 12.6 Å². The molecule has 0 aromatic rings. The van der Waals surface area contributed by atoms with Crippen molar-refractivity contribution in [1.82, 2.24) is 0 Å². The van der Waals surface area contributed by atoms with Gasteiger partial charge in [0, 0.05) is 0 Å². The molecule has 0 bridgehead atoms. The number of nitrogens with zero attached hydrogens (tertiary/aromatic N) is 2. The van der Waals surface area contributed by atoms with E-state index in [4.69, 9.17) is 11.8 Å². The molecule has 0 N–H and O–H groups in total. The van der Waals surface area contributed by atoms with Crippen molar-refractivity contribution < 1.29 is 0 Å². The first-order valence-electron chi connectivity index (χ1n) is 3.16. The maximum Gasteiger partial charge on any atom is 0.268 e. The Morgan fingerprint density at radius 2 is 2.36 bits per heavy atom. The van der Waals surface area contributed by atoms with Gasteiger partial charge in [-0.25, -0.2) is 10.1 Å². The van der Waals surface area contributed by atoms with E-state index < -0.39 is 0 Å². The summed E-state index contributed by atoms with van der Waals surface area (Å²) in [6.07, 6.45) is 5.50. The molecule has 52 valence electrons. The van der Waals surface area contributed by atoms with Crippen LogP contribution in [0.1, 0.15) is 6.92 Å². The quantitative estimate of drug-likeness (QED) is 0.376. The molecule has 0 saturated carbocycles. The summed E-state index contributed by atoms with van der Waals surface area (Å²) in [5.74, 6) is 0. The first-order valence-corrected chi connectivity index (χ1v) is 3.16. The first-order chi connectivity index (χ1) is 5.27. The Balaban J connectivity index is 3.14. The standard InChI is InChI=1S/C9H6N2/c1-7-3-4-8(5-7)9(6-10)11-2/h3-5H,1H3/b9-8-. The summed E-state index contributed by atoms with van der Waals surface area (Å²) in [6.45, 7) is 8.61. The van der Waals surface area contributed by atoms with Crippen LogP contribution in [0.25, 0.3) is 4.85 Å². The van der Waals surface area contributed by atoms with Crippen LogP contribution in [0, 0.1) is 17.9 Å². The van der Waals surface area contributed by atoms with Gasteiger partial charge in [-0.05, 0) is 12.5 Å². The van der Waals surface area contributed by atoms with Gasteiger partial charge in [0.1, 0.15) is 0 Å². The van der Waals surface area contributed by atoms with Crippen LogP contribution < -0.4 is 0 Å². The second kappa shape index (κ2) is 2.86. The van der Waals surface area contributed by atoms with Gasteiger partial charge in [-0.1, -0.05) is 23.8 Å². The molecule has 0 aromatic carbocycles. The topological polar surface area (TPSA) is 28.1 Å². The van der Waals surface area contributed by atoms with Crippen molar-refractivity contribution in [1.29, 1.82) is 5.26 Å². The molecule has 0 spiro atoms. The molecular weight excluding hydrogens is 136 g/mol. The fourth-order valence-electron chi connectivity index (χ4n) is 0.864. The molecule has 0 unspecified atom stereocenters. The van der Waals surface area contributed by atoms with E-state index in [2.05, 4.69) is 4.85 Å². The lowest BCUT2D eigenvalue weighted by Gasteiger charge is -1.86. The molecule has 11 heavy (non-hydrogen) atoms. The van der Waals surface area contributed by atoms with Gasteiger partial charge >= 0.3 is 0 Å². The van der Waals surface area contributed by atoms with Crippen LogP contribution in [-0.4, -0.2) is 0 Å². The molecule has 0 fully saturated rings. The van der Waals surface area contributed by atoms with Gasteiger partial charge in [-0.15, -0.1) is 0 Å². The van der Waals surface area contributed by atoms with E-state index in [1.807, 2.05) is 25.1 Å².